The lowest BCUT2D eigenvalue weighted by molar-refractivity contribution is -0.117. The van der Waals surface area contributed by atoms with Gasteiger partial charge in [-0.3, -0.25) is 9.59 Å². The number of amides is 2. The van der Waals surface area contributed by atoms with Gasteiger partial charge in [0, 0.05) is 28.9 Å². The third-order valence-electron chi connectivity index (χ3n) is 6.47. The summed E-state index contributed by atoms with van der Waals surface area (Å²) in [4.78, 5) is 24.9. The Labute approximate surface area is 200 Å². The predicted octanol–water partition coefficient (Wildman–Crippen LogP) is 4.15. The summed E-state index contributed by atoms with van der Waals surface area (Å²) in [5, 5.41) is 5.62. The number of ether oxygens (including phenoxy) is 1. The van der Waals surface area contributed by atoms with Crippen molar-refractivity contribution in [2.75, 3.05) is 17.7 Å². The van der Waals surface area contributed by atoms with Gasteiger partial charge in [0.1, 0.15) is 10.6 Å². The van der Waals surface area contributed by atoms with Crippen LogP contribution < -0.4 is 20.1 Å². The highest BCUT2D eigenvalue weighted by Crippen LogP contribution is 2.31. The highest BCUT2D eigenvalue weighted by Gasteiger charge is 2.30. The van der Waals surface area contributed by atoms with Crippen molar-refractivity contribution in [3.05, 3.63) is 48.0 Å². The third kappa shape index (κ3) is 5.77. The summed E-state index contributed by atoms with van der Waals surface area (Å²) >= 11 is 0. The zero-order valence-corrected chi connectivity index (χ0v) is 20.3. The summed E-state index contributed by atoms with van der Waals surface area (Å²) in [7, 11) is -2.49. The van der Waals surface area contributed by atoms with Gasteiger partial charge >= 0.3 is 0 Å². The maximum Gasteiger partial charge on any atom is 0.255 e. The number of nitrogens with one attached hydrogen (secondary N) is 3. The van der Waals surface area contributed by atoms with Crippen molar-refractivity contribution in [3.63, 3.8) is 0 Å². The van der Waals surface area contributed by atoms with Crippen molar-refractivity contribution < 1.29 is 22.7 Å². The first-order chi connectivity index (χ1) is 16.3. The van der Waals surface area contributed by atoms with Crippen molar-refractivity contribution in [2.24, 2.45) is 11.8 Å². The second-order valence-electron chi connectivity index (χ2n) is 9.15. The maximum atomic E-state index is 13.2. The highest BCUT2D eigenvalue weighted by molar-refractivity contribution is 7.89. The molecule has 2 fully saturated rings. The molecule has 0 aromatic heterocycles. The summed E-state index contributed by atoms with van der Waals surface area (Å²) in [5.41, 5.74) is 1.27. The van der Waals surface area contributed by atoms with Gasteiger partial charge in [0.15, 0.2) is 0 Å². The molecule has 2 aromatic rings. The van der Waals surface area contributed by atoms with E-state index < -0.39 is 15.9 Å². The molecule has 2 amide bonds. The van der Waals surface area contributed by atoms with Gasteiger partial charge in [-0.25, -0.2) is 13.1 Å². The molecule has 2 aliphatic rings. The molecule has 0 heterocycles. The smallest absolute Gasteiger partial charge is 0.255 e. The first-order valence-electron chi connectivity index (χ1n) is 11.7. The van der Waals surface area contributed by atoms with Crippen LogP contribution in [0.5, 0.6) is 5.75 Å². The Morgan fingerprint density at radius 3 is 2.32 bits per heavy atom. The van der Waals surface area contributed by atoms with Gasteiger partial charge in [0.25, 0.3) is 5.91 Å². The molecule has 0 saturated heterocycles. The van der Waals surface area contributed by atoms with E-state index in [1.807, 2.05) is 0 Å². The molecule has 2 aliphatic carbocycles. The van der Waals surface area contributed by atoms with Gasteiger partial charge in [0.05, 0.1) is 7.11 Å². The number of carbonyl (C=O) groups is 2. The van der Waals surface area contributed by atoms with E-state index in [1.165, 1.54) is 25.3 Å². The Morgan fingerprint density at radius 2 is 1.65 bits per heavy atom. The number of methoxy groups -OCH3 is 1. The molecule has 2 atom stereocenters. The molecule has 0 unspecified atom stereocenters. The van der Waals surface area contributed by atoms with Gasteiger partial charge < -0.3 is 15.4 Å². The Hall–Kier alpha value is -2.91. The van der Waals surface area contributed by atoms with Crippen LogP contribution in [0, 0.1) is 11.8 Å². The van der Waals surface area contributed by atoms with Crippen molar-refractivity contribution in [2.45, 2.75) is 56.4 Å². The van der Waals surface area contributed by atoms with Crippen LogP contribution in [0.3, 0.4) is 0 Å². The summed E-state index contributed by atoms with van der Waals surface area (Å²) < 4.78 is 34.5. The molecule has 0 bridgehead atoms. The largest absolute Gasteiger partial charge is 0.495 e. The fraction of sp³-hybridized carbons (Fsp3) is 0.440. The minimum absolute atomic E-state index is 0.0201. The molecular weight excluding hydrogens is 454 g/mol. The van der Waals surface area contributed by atoms with E-state index in [-0.39, 0.29) is 40.0 Å². The third-order valence-corrected chi connectivity index (χ3v) is 7.98. The number of sulfonamides is 1. The van der Waals surface area contributed by atoms with Gasteiger partial charge in [-0.05, 0) is 68.0 Å². The lowest BCUT2D eigenvalue weighted by atomic mass is 9.87. The molecule has 182 valence electrons. The Balaban J connectivity index is 1.51. The molecule has 9 heteroatoms. The van der Waals surface area contributed by atoms with Crippen LogP contribution in [0.15, 0.2) is 47.4 Å². The zero-order chi connectivity index (χ0) is 24.3. The molecule has 34 heavy (non-hydrogen) atoms. The monoisotopic (exact) mass is 485 g/mol. The van der Waals surface area contributed by atoms with E-state index in [0.29, 0.717) is 11.4 Å². The number of carbonyl (C=O) groups excluding carboxylic acids is 2. The fourth-order valence-electron chi connectivity index (χ4n) is 4.25. The molecule has 0 radical (unpaired) electrons. The molecule has 3 N–H and O–H groups in total. The first-order valence-corrected chi connectivity index (χ1v) is 13.2. The standard InChI is InChI=1S/C25H31N3O5S/c1-16-6-3-4-9-21(16)28-34(31,32)23-14-18(12-13-22(23)33-2)25(30)27-20-8-5-7-19(15-20)26-24(29)17-10-11-17/h5,7-8,12-17,21,28H,3-4,6,9-11H2,1-2H3,(H,26,29)(H,27,30)/t16-,21-/m1/s1. The lowest BCUT2D eigenvalue weighted by Crippen LogP contribution is -2.41. The van der Waals surface area contributed by atoms with Crippen LogP contribution in [0.1, 0.15) is 55.8 Å². The maximum absolute atomic E-state index is 13.2. The van der Waals surface area contributed by atoms with Crippen LogP contribution in [0.2, 0.25) is 0 Å². The van der Waals surface area contributed by atoms with Gasteiger partial charge in [-0.2, -0.15) is 0 Å². The molecule has 0 spiro atoms. The Morgan fingerprint density at radius 1 is 0.941 bits per heavy atom. The van der Waals surface area contributed by atoms with Crippen molar-refractivity contribution >= 4 is 33.2 Å². The Bertz CT molecular complexity index is 1180. The summed E-state index contributed by atoms with van der Waals surface area (Å²) in [6.07, 6.45) is 5.66. The van der Waals surface area contributed by atoms with E-state index in [9.17, 15) is 18.0 Å². The normalized spacial score (nSPS) is 20.4. The first kappa shape index (κ1) is 24.2. The average Bonchev–Trinajstić information content (AvgIpc) is 3.66. The molecule has 8 nitrogen and oxygen atoms in total. The molecular formula is C25H31N3O5S. The van der Waals surface area contributed by atoms with Gasteiger partial charge in [-0.1, -0.05) is 25.8 Å². The van der Waals surface area contributed by atoms with E-state index in [4.69, 9.17) is 4.74 Å². The second-order valence-corrected chi connectivity index (χ2v) is 10.8. The number of hydrogen-bond acceptors (Lipinski definition) is 5. The minimum atomic E-state index is -3.89. The minimum Gasteiger partial charge on any atom is -0.495 e. The second kappa shape index (κ2) is 10.1. The van der Waals surface area contributed by atoms with Crippen LogP contribution in [-0.4, -0.2) is 33.4 Å². The number of benzene rings is 2. The number of rotatable bonds is 8. The molecule has 2 saturated carbocycles. The van der Waals surface area contributed by atoms with E-state index in [2.05, 4.69) is 22.3 Å². The lowest BCUT2D eigenvalue weighted by Gasteiger charge is -2.29. The van der Waals surface area contributed by atoms with Crippen molar-refractivity contribution in [1.29, 1.82) is 0 Å². The van der Waals surface area contributed by atoms with Crippen LogP contribution >= 0.6 is 0 Å². The Kier molecular flexibility index (Phi) is 7.23. The van der Waals surface area contributed by atoms with Crippen molar-refractivity contribution in [3.8, 4) is 5.75 Å². The summed E-state index contributed by atoms with van der Waals surface area (Å²) in [5.74, 6) is 0.0122. The highest BCUT2D eigenvalue weighted by atomic mass is 32.2. The zero-order valence-electron chi connectivity index (χ0n) is 19.5. The van der Waals surface area contributed by atoms with Crippen LogP contribution in [0.4, 0.5) is 11.4 Å². The molecule has 2 aromatic carbocycles. The topological polar surface area (TPSA) is 114 Å². The summed E-state index contributed by atoms with van der Waals surface area (Å²) in [6.45, 7) is 2.05. The number of anilines is 2. The number of hydrogen-bond donors (Lipinski definition) is 3. The SMILES string of the molecule is COc1ccc(C(=O)Nc2cccc(NC(=O)C3CC3)c2)cc1S(=O)(=O)N[C@@H]1CCCC[C@H]1C. The van der Waals surface area contributed by atoms with Crippen LogP contribution in [0.25, 0.3) is 0 Å². The fourth-order valence-corrected chi connectivity index (χ4v) is 5.82. The average molecular weight is 486 g/mol. The quantitative estimate of drug-likeness (QED) is 0.520. The van der Waals surface area contributed by atoms with Gasteiger partial charge in [0.2, 0.25) is 15.9 Å². The van der Waals surface area contributed by atoms with Crippen LogP contribution in [-0.2, 0) is 14.8 Å². The van der Waals surface area contributed by atoms with Gasteiger partial charge in [-0.15, -0.1) is 0 Å². The van der Waals surface area contributed by atoms with E-state index >= 15 is 0 Å². The van der Waals surface area contributed by atoms with E-state index in [0.717, 1.165) is 38.5 Å². The predicted molar refractivity (Wildman–Crippen MR) is 130 cm³/mol. The van der Waals surface area contributed by atoms with E-state index in [1.54, 1.807) is 24.3 Å². The van der Waals surface area contributed by atoms with Crippen molar-refractivity contribution in [1.82, 2.24) is 4.72 Å². The molecule has 4 rings (SSSR count). The molecule has 0 aliphatic heterocycles. The summed E-state index contributed by atoms with van der Waals surface area (Å²) in [6, 6.07) is 11.1.